The highest BCUT2D eigenvalue weighted by molar-refractivity contribution is 7.14. The summed E-state index contributed by atoms with van der Waals surface area (Å²) in [6, 6.07) is 15.2. The van der Waals surface area contributed by atoms with Gasteiger partial charge in [-0.05, 0) is 30.2 Å². The highest BCUT2D eigenvalue weighted by Crippen LogP contribution is 2.23. The molecule has 3 aromatic rings. The number of carbonyl (C=O) groups is 1. The van der Waals surface area contributed by atoms with Crippen molar-refractivity contribution in [1.82, 2.24) is 4.98 Å². The van der Waals surface area contributed by atoms with E-state index in [1.165, 1.54) is 11.3 Å². The van der Waals surface area contributed by atoms with E-state index in [-0.39, 0.29) is 5.97 Å². The molecule has 3 rings (SSSR count). The summed E-state index contributed by atoms with van der Waals surface area (Å²) >= 11 is 1.39. The number of benzene rings is 2. The number of aromatic nitrogens is 1. The molecule has 0 atom stereocenters. The van der Waals surface area contributed by atoms with Gasteiger partial charge in [-0.25, -0.2) is 9.78 Å². The maximum atomic E-state index is 11.8. The van der Waals surface area contributed by atoms with Crippen molar-refractivity contribution >= 4 is 34.5 Å². The predicted octanol–water partition coefficient (Wildman–Crippen LogP) is 4.02. The van der Waals surface area contributed by atoms with E-state index in [0.29, 0.717) is 23.1 Å². The van der Waals surface area contributed by atoms with Crippen LogP contribution < -0.4 is 11.2 Å². The number of thiazole rings is 1. The molecule has 0 aliphatic carbocycles. The van der Waals surface area contributed by atoms with Crippen LogP contribution in [0, 0.1) is 0 Å². The Morgan fingerprint density at radius 1 is 1.27 bits per heavy atom. The normalized spacial score (nSPS) is 10.8. The first-order valence-electron chi connectivity index (χ1n) is 8.04. The van der Waals surface area contributed by atoms with Gasteiger partial charge in [0.1, 0.15) is 5.82 Å². The SMILES string of the molecule is CCOC(=O)c1ccc(-c2ccccc2C=NNc2nc(N)cs2)cc1. The minimum Gasteiger partial charge on any atom is -0.462 e. The molecule has 0 bridgehead atoms. The van der Waals surface area contributed by atoms with Crippen LogP contribution in [-0.4, -0.2) is 23.8 Å². The average molecular weight is 366 g/mol. The topological polar surface area (TPSA) is 89.6 Å². The molecule has 0 unspecified atom stereocenters. The standard InChI is InChI=1S/C19H18N4O2S/c1-2-25-18(24)14-9-7-13(8-10-14)16-6-4-3-5-15(16)11-21-23-19-22-17(20)12-26-19/h3-12H,2,20H2,1H3,(H,22,23). The van der Waals surface area contributed by atoms with Gasteiger partial charge in [-0.3, -0.25) is 5.43 Å². The van der Waals surface area contributed by atoms with Crippen molar-refractivity contribution in [2.24, 2.45) is 5.10 Å². The first-order valence-corrected chi connectivity index (χ1v) is 8.92. The molecule has 0 aliphatic heterocycles. The van der Waals surface area contributed by atoms with Gasteiger partial charge in [-0.1, -0.05) is 36.4 Å². The number of nitrogens with zero attached hydrogens (tertiary/aromatic N) is 2. The van der Waals surface area contributed by atoms with Crippen LogP contribution in [0.15, 0.2) is 59.0 Å². The molecule has 6 nitrogen and oxygen atoms in total. The number of ether oxygens (including phenoxy) is 1. The molecule has 0 amide bonds. The number of carbonyl (C=O) groups excluding carboxylic acids is 1. The Labute approximate surface area is 155 Å². The van der Waals surface area contributed by atoms with Gasteiger partial charge in [-0.15, -0.1) is 11.3 Å². The molecular weight excluding hydrogens is 348 g/mol. The van der Waals surface area contributed by atoms with E-state index in [4.69, 9.17) is 10.5 Å². The third-order valence-corrected chi connectivity index (χ3v) is 4.32. The fraction of sp³-hybridized carbons (Fsp3) is 0.105. The zero-order chi connectivity index (χ0) is 18.4. The van der Waals surface area contributed by atoms with Crippen LogP contribution in [0.5, 0.6) is 0 Å². The minimum atomic E-state index is -0.319. The Hall–Kier alpha value is -3.19. The third kappa shape index (κ3) is 4.25. The van der Waals surface area contributed by atoms with Gasteiger partial charge in [0.25, 0.3) is 0 Å². The lowest BCUT2D eigenvalue weighted by Crippen LogP contribution is -2.04. The summed E-state index contributed by atoms with van der Waals surface area (Å²) in [5.74, 6) is 0.149. The first kappa shape index (κ1) is 17.6. The quantitative estimate of drug-likeness (QED) is 0.391. The molecule has 0 spiro atoms. The zero-order valence-corrected chi connectivity index (χ0v) is 15.0. The number of hydrazone groups is 1. The summed E-state index contributed by atoms with van der Waals surface area (Å²) < 4.78 is 5.01. The van der Waals surface area contributed by atoms with E-state index in [2.05, 4.69) is 15.5 Å². The lowest BCUT2D eigenvalue weighted by Gasteiger charge is -2.07. The molecule has 0 saturated carbocycles. The van der Waals surface area contributed by atoms with Crippen LogP contribution >= 0.6 is 11.3 Å². The lowest BCUT2D eigenvalue weighted by molar-refractivity contribution is 0.0526. The molecule has 0 saturated heterocycles. The minimum absolute atomic E-state index is 0.319. The summed E-state index contributed by atoms with van der Waals surface area (Å²) in [7, 11) is 0. The molecule has 1 aromatic heterocycles. The number of rotatable bonds is 6. The summed E-state index contributed by atoms with van der Waals surface area (Å²) in [6.45, 7) is 2.15. The third-order valence-electron chi connectivity index (χ3n) is 3.55. The molecular formula is C19H18N4O2S. The van der Waals surface area contributed by atoms with Crippen LogP contribution in [0.2, 0.25) is 0 Å². The van der Waals surface area contributed by atoms with E-state index < -0.39 is 0 Å². The second-order valence-electron chi connectivity index (χ2n) is 5.33. The molecule has 1 heterocycles. The molecule has 132 valence electrons. The predicted molar refractivity (Wildman–Crippen MR) is 106 cm³/mol. The van der Waals surface area contributed by atoms with Gasteiger partial charge in [0.05, 0.1) is 18.4 Å². The maximum Gasteiger partial charge on any atom is 0.338 e. The highest BCUT2D eigenvalue weighted by Gasteiger charge is 2.08. The number of esters is 1. The second-order valence-corrected chi connectivity index (χ2v) is 6.19. The first-order chi connectivity index (χ1) is 12.7. The van der Waals surface area contributed by atoms with Gasteiger partial charge < -0.3 is 10.5 Å². The summed E-state index contributed by atoms with van der Waals surface area (Å²) in [5, 5.41) is 6.61. The van der Waals surface area contributed by atoms with E-state index >= 15 is 0 Å². The summed E-state index contributed by atoms with van der Waals surface area (Å²) in [6.07, 6.45) is 1.73. The average Bonchev–Trinajstić information content (AvgIpc) is 3.08. The summed E-state index contributed by atoms with van der Waals surface area (Å²) in [4.78, 5) is 15.9. The summed E-state index contributed by atoms with van der Waals surface area (Å²) in [5.41, 5.74) is 11.9. The zero-order valence-electron chi connectivity index (χ0n) is 14.2. The van der Waals surface area contributed by atoms with Crippen molar-refractivity contribution in [3.63, 3.8) is 0 Å². The van der Waals surface area contributed by atoms with Crippen molar-refractivity contribution in [2.45, 2.75) is 6.92 Å². The molecule has 2 aromatic carbocycles. The molecule has 0 aliphatic rings. The molecule has 0 radical (unpaired) electrons. The Balaban J connectivity index is 1.79. The molecule has 7 heteroatoms. The van der Waals surface area contributed by atoms with Gasteiger partial charge >= 0.3 is 5.97 Å². The fourth-order valence-corrected chi connectivity index (χ4v) is 2.92. The van der Waals surface area contributed by atoms with Crippen molar-refractivity contribution < 1.29 is 9.53 Å². The van der Waals surface area contributed by atoms with E-state index in [9.17, 15) is 4.79 Å². The van der Waals surface area contributed by atoms with Crippen molar-refractivity contribution in [3.05, 3.63) is 65.0 Å². The number of anilines is 2. The van der Waals surface area contributed by atoms with Gasteiger partial charge in [-0.2, -0.15) is 5.10 Å². The van der Waals surface area contributed by atoms with Gasteiger partial charge in [0, 0.05) is 10.9 Å². The Kier molecular flexibility index (Phi) is 5.60. The maximum absolute atomic E-state index is 11.8. The van der Waals surface area contributed by atoms with Gasteiger partial charge in [0.2, 0.25) is 5.13 Å². The number of hydrogen-bond donors (Lipinski definition) is 2. The Bertz CT molecular complexity index is 919. The number of nitrogens with one attached hydrogen (secondary N) is 1. The van der Waals surface area contributed by atoms with Crippen molar-refractivity contribution in [2.75, 3.05) is 17.8 Å². The molecule has 26 heavy (non-hydrogen) atoms. The molecule has 3 N–H and O–H groups in total. The van der Waals surface area contributed by atoms with Gasteiger partial charge in [0.15, 0.2) is 0 Å². The molecule has 0 fully saturated rings. The van der Waals surface area contributed by atoms with Crippen LogP contribution in [0.3, 0.4) is 0 Å². The lowest BCUT2D eigenvalue weighted by atomic mass is 9.99. The van der Waals surface area contributed by atoms with E-state index in [0.717, 1.165) is 16.7 Å². The van der Waals surface area contributed by atoms with Crippen LogP contribution in [-0.2, 0) is 4.74 Å². The Morgan fingerprint density at radius 2 is 2.04 bits per heavy atom. The fourth-order valence-electron chi connectivity index (χ4n) is 2.37. The van der Waals surface area contributed by atoms with Crippen LogP contribution in [0.1, 0.15) is 22.8 Å². The number of hydrogen-bond acceptors (Lipinski definition) is 7. The van der Waals surface area contributed by atoms with Crippen molar-refractivity contribution in [3.8, 4) is 11.1 Å². The number of nitrogen functional groups attached to an aromatic ring is 1. The highest BCUT2D eigenvalue weighted by atomic mass is 32.1. The van der Waals surface area contributed by atoms with E-state index in [1.807, 2.05) is 36.4 Å². The monoisotopic (exact) mass is 366 g/mol. The van der Waals surface area contributed by atoms with Crippen molar-refractivity contribution in [1.29, 1.82) is 0 Å². The smallest absolute Gasteiger partial charge is 0.338 e. The largest absolute Gasteiger partial charge is 0.462 e. The Morgan fingerprint density at radius 3 is 2.73 bits per heavy atom. The van der Waals surface area contributed by atoms with Crippen LogP contribution in [0.4, 0.5) is 10.9 Å². The number of nitrogens with two attached hydrogens (primary N) is 1. The second kappa shape index (κ2) is 8.26. The van der Waals surface area contributed by atoms with Crippen LogP contribution in [0.25, 0.3) is 11.1 Å². The van der Waals surface area contributed by atoms with E-state index in [1.54, 1.807) is 30.7 Å².